The predicted molar refractivity (Wildman–Crippen MR) is 105 cm³/mol. The Morgan fingerprint density at radius 2 is 2.19 bits per heavy atom. The third-order valence-electron chi connectivity index (χ3n) is 4.94. The van der Waals surface area contributed by atoms with Crippen molar-refractivity contribution in [2.75, 3.05) is 5.73 Å². The molecule has 1 unspecified atom stereocenters. The molecule has 0 amide bonds. The summed E-state index contributed by atoms with van der Waals surface area (Å²) in [5.74, 6) is 0. The Morgan fingerprint density at radius 3 is 2.88 bits per heavy atom. The number of aromatic nitrogens is 2. The molecule has 128 valence electrons. The van der Waals surface area contributed by atoms with E-state index in [4.69, 9.17) is 5.73 Å². The van der Waals surface area contributed by atoms with Crippen molar-refractivity contribution < 1.29 is 0 Å². The number of allylic oxidation sites excluding steroid dienone is 4. The summed E-state index contributed by atoms with van der Waals surface area (Å²) in [5.41, 5.74) is 11.6. The molecule has 0 aliphatic heterocycles. The van der Waals surface area contributed by atoms with Crippen LogP contribution in [-0.4, -0.2) is 9.55 Å². The van der Waals surface area contributed by atoms with E-state index in [-0.39, 0.29) is 6.04 Å². The van der Waals surface area contributed by atoms with Gasteiger partial charge in [-0.2, -0.15) is 5.26 Å². The number of nitrogen functional groups attached to an aromatic ring is 1. The molecule has 1 aliphatic rings. The molecule has 1 atom stereocenters. The standard InChI is InChI=1S/C22H20N4/c1-2-15-3-6-18(7-4-15)26-14-20(21-12-17(24)9-10-25-21)19-11-16(13-23)5-8-22(19)26/h3-6,8-12,14,18H,2,7H2,1H3,(H2,24,25). The highest BCUT2D eigenvalue weighted by molar-refractivity contribution is 5.96. The summed E-state index contributed by atoms with van der Waals surface area (Å²) in [6.45, 7) is 2.18. The van der Waals surface area contributed by atoms with Crippen LogP contribution in [-0.2, 0) is 0 Å². The average molecular weight is 340 g/mol. The molecular weight excluding hydrogens is 320 g/mol. The maximum Gasteiger partial charge on any atom is 0.0991 e. The summed E-state index contributed by atoms with van der Waals surface area (Å²) in [4.78, 5) is 4.49. The predicted octanol–water partition coefficient (Wildman–Crippen LogP) is 4.99. The first-order chi connectivity index (χ1) is 12.7. The third-order valence-corrected chi connectivity index (χ3v) is 4.94. The van der Waals surface area contributed by atoms with E-state index >= 15 is 0 Å². The lowest BCUT2D eigenvalue weighted by Gasteiger charge is -2.19. The van der Waals surface area contributed by atoms with Gasteiger partial charge in [0.25, 0.3) is 0 Å². The van der Waals surface area contributed by atoms with E-state index in [1.165, 1.54) is 5.57 Å². The van der Waals surface area contributed by atoms with Gasteiger partial charge in [-0.25, -0.2) is 0 Å². The number of nitrogens with zero attached hydrogens (tertiary/aromatic N) is 3. The number of rotatable bonds is 3. The second-order valence-corrected chi connectivity index (χ2v) is 6.56. The fraction of sp³-hybridized carbons (Fsp3) is 0.182. The first kappa shape index (κ1) is 16.2. The summed E-state index contributed by atoms with van der Waals surface area (Å²) >= 11 is 0. The van der Waals surface area contributed by atoms with E-state index in [1.54, 1.807) is 12.3 Å². The van der Waals surface area contributed by atoms with Crippen molar-refractivity contribution in [1.82, 2.24) is 9.55 Å². The Balaban J connectivity index is 1.89. The molecular formula is C22H20N4. The molecule has 0 spiro atoms. The summed E-state index contributed by atoms with van der Waals surface area (Å²) in [6, 6.07) is 12.0. The summed E-state index contributed by atoms with van der Waals surface area (Å²) in [6.07, 6.45) is 12.6. The Kier molecular flexibility index (Phi) is 4.06. The van der Waals surface area contributed by atoms with Crippen LogP contribution < -0.4 is 5.73 Å². The zero-order chi connectivity index (χ0) is 18.1. The minimum absolute atomic E-state index is 0.260. The van der Waals surface area contributed by atoms with Crippen LogP contribution in [0.3, 0.4) is 0 Å². The largest absolute Gasteiger partial charge is 0.399 e. The highest BCUT2D eigenvalue weighted by atomic mass is 15.0. The lowest BCUT2D eigenvalue weighted by molar-refractivity contribution is 0.625. The van der Waals surface area contributed by atoms with Gasteiger partial charge in [-0.05, 0) is 43.2 Å². The van der Waals surface area contributed by atoms with Gasteiger partial charge >= 0.3 is 0 Å². The van der Waals surface area contributed by atoms with Crippen LogP contribution in [0.1, 0.15) is 31.4 Å². The topological polar surface area (TPSA) is 67.6 Å². The molecule has 2 heterocycles. The Labute approximate surface area is 152 Å². The van der Waals surface area contributed by atoms with Crippen molar-refractivity contribution >= 4 is 16.6 Å². The van der Waals surface area contributed by atoms with Crippen molar-refractivity contribution in [2.45, 2.75) is 25.8 Å². The minimum Gasteiger partial charge on any atom is -0.399 e. The van der Waals surface area contributed by atoms with Crippen LogP contribution in [0.2, 0.25) is 0 Å². The van der Waals surface area contributed by atoms with E-state index in [1.807, 2.05) is 24.3 Å². The highest BCUT2D eigenvalue weighted by Gasteiger charge is 2.18. The van der Waals surface area contributed by atoms with Gasteiger partial charge in [0.2, 0.25) is 0 Å². The van der Waals surface area contributed by atoms with Crippen LogP contribution >= 0.6 is 0 Å². The molecule has 2 N–H and O–H groups in total. The lowest BCUT2D eigenvalue weighted by atomic mass is 10.0. The van der Waals surface area contributed by atoms with Gasteiger partial charge in [0, 0.05) is 34.5 Å². The van der Waals surface area contributed by atoms with Crippen LogP contribution in [0.15, 0.2) is 66.5 Å². The van der Waals surface area contributed by atoms with E-state index in [0.717, 1.165) is 35.0 Å². The molecule has 0 bridgehead atoms. The summed E-state index contributed by atoms with van der Waals surface area (Å²) < 4.78 is 2.27. The van der Waals surface area contributed by atoms with Crippen molar-refractivity contribution in [1.29, 1.82) is 5.26 Å². The van der Waals surface area contributed by atoms with E-state index < -0.39 is 0 Å². The third kappa shape index (κ3) is 2.78. The molecule has 1 aromatic carbocycles. The normalized spacial score (nSPS) is 16.5. The molecule has 4 heteroatoms. The molecule has 0 radical (unpaired) electrons. The van der Waals surface area contributed by atoms with Gasteiger partial charge in [0.1, 0.15) is 0 Å². The number of nitrogens with two attached hydrogens (primary N) is 1. The molecule has 0 fully saturated rings. The number of hydrogen-bond acceptors (Lipinski definition) is 3. The molecule has 3 aromatic rings. The van der Waals surface area contributed by atoms with Gasteiger partial charge < -0.3 is 10.3 Å². The van der Waals surface area contributed by atoms with Crippen molar-refractivity contribution in [2.24, 2.45) is 0 Å². The first-order valence-corrected chi connectivity index (χ1v) is 8.83. The van der Waals surface area contributed by atoms with Crippen LogP contribution in [0.4, 0.5) is 5.69 Å². The van der Waals surface area contributed by atoms with E-state index in [2.05, 4.69) is 47.0 Å². The van der Waals surface area contributed by atoms with Gasteiger partial charge in [0.15, 0.2) is 0 Å². The molecule has 26 heavy (non-hydrogen) atoms. The summed E-state index contributed by atoms with van der Waals surface area (Å²) in [5, 5.41) is 10.3. The van der Waals surface area contributed by atoms with Crippen molar-refractivity contribution in [3.8, 4) is 17.3 Å². The number of hydrogen-bond donors (Lipinski definition) is 1. The maximum atomic E-state index is 9.30. The van der Waals surface area contributed by atoms with Gasteiger partial charge in [0.05, 0.1) is 23.4 Å². The van der Waals surface area contributed by atoms with Gasteiger partial charge in [-0.15, -0.1) is 0 Å². The van der Waals surface area contributed by atoms with Gasteiger partial charge in [-0.1, -0.05) is 30.7 Å². The average Bonchev–Trinajstić information content (AvgIpc) is 3.06. The molecule has 0 saturated heterocycles. The van der Waals surface area contributed by atoms with Crippen LogP contribution in [0.25, 0.3) is 22.2 Å². The summed E-state index contributed by atoms with van der Waals surface area (Å²) in [7, 11) is 0. The number of benzene rings is 1. The van der Waals surface area contributed by atoms with Crippen LogP contribution in [0, 0.1) is 11.3 Å². The zero-order valence-electron chi connectivity index (χ0n) is 14.7. The van der Waals surface area contributed by atoms with Gasteiger partial charge in [-0.3, -0.25) is 4.98 Å². The zero-order valence-corrected chi connectivity index (χ0v) is 14.7. The molecule has 4 rings (SSSR count). The minimum atomic E-state index is 0.260. The SMILES string of the molecule is CCC1=CCC(n2cc(-c3cc(N)ccn3)c3cc(C#N)ccc32)C=C1. The first-order valence-electron chi connectivity index (χ1n) is 8.83. The molecule has 0 saturated carbocycles. The molecule has 1 aliphatic carbocycles. The van der Waals surface area contributed by atoms with E-state index in [0.29, 0.717) is 11.3 Å². The fourth-order valence-electron chi connectivity index (χ4n) is 3.52. The van der Waals surface area contributed by atoms with Crippen molar-refractivity contribution in [3.05, 3.63) is 72.1 Å². The lowest BCUT2D eigenvalue weighted by Crippen LogP contribution is -2.06. The second-order valence-electron chi connectivity index (χ2n) is 6.56. The Hall–Kier alpha value is -3.32. The molecule has 2 aromatic heterocycles. The van der Waals surface area contributed by atoms with E-state index in [9.17, 15) is 5.26 Å². The molecule has 4 nitrogen and oxygen atoms in total. The number of fused-ring (bicyclic) bond motifs is 1. The number of nitriles is 1. The highest BCUT2D eigenvalue weighted by Crippen LogP contribution is 2.35. The number of anilines is 1. The monoisotopic (exact) mass is 340 g/mol. The maximum absolute atomic E-state index is 9.30. The van der Waals surface area contributed by atoms with Crippen molar-refractivity contribution in [3.63, 3.8) is 0 Å². The smallest absolute Gasteiger partial charge is 0.0991 e. The van der Waals surface area contributed by atoms with Crippen LogP contribution in [0.5, 0.6) is 0 Å². The fourth-order valence-corrected chi connectivity index (χ4v) is 3.52. The number of pyridine rings is 1. The Bertz CT molecular complexity index is 1080. The second kappa shape index (κ2) is 6.53. The quantitative estimate of drug-likeness (QED) is 0.730. The Morgan fingerprint density at radius 1 is 1.31 bits per heavy atom.